The average molecular weight is 328 g/mol. The van der Waals surface area contributed by atoms with E-state index in [0.29, 0.717) is 6.42 Å². The highest BCUT2D eigenvalue weighted by atomic mass is 16.6. The molecule has 0 unspecified atom stereocenters. The lowest BCUT2D eigenvalue weighted by molar-refractivity contribution is -0.142. The van der Waals surface area contributed by atoms with E-state index in [1.807, 2.05) is 31.2 Å². The Bertz CT molecular complexity index is 736. The maximum absolute atomic E-state index is 12.5. The predicted octanol–water partition coefficient (Wildman–Crippen LogP) is 3.07. The molecule has 0 fully saturated rings. The minimum atomic E-state index is -0.559. The summed E-state index contributed by atoms with van der Waals surface area (Å²) in [7, 11) is 1.25. The topological polar surface area (TPSA) is 72.8 Å². The second-order valence-corrected chi connectivity index (χ2v) is 5.43. The van der Waals surface area contributed by atoms with Crippen LogP contribution in [-0.2, 0) is 16.0 Å². The largest absolute Gasteiger partial charge is 0.507 e. The number of hydrogen-bond acceptors (Lipinski definition) is 5. The number of carbonyl (C=O) groups is 2. The molecule has 0 heterocycles. The van der Waals surface area contributed by atoms with Gasteiger partial charge in [0, 0.05) is 6.42 Å². The molecule has 2 aromatic rings. The van der Waals surface area contributed by atoms with Gasteiger partial charge in [-0.1, -0.05) is 35.9 Å². The first-order chi connectivity index (χ1) is 11.5. The quantitative estimate of drug-likeness (QED) is 0.624. The summed E-state index contributed by atoms with van der Waals surface area (Å²) in [4.78, 5) is 23.7. The van der Waals surface area contributed by atoms with Crippen LogP contribution in [0, 0.1) is 6.92 Å². The predicted molar refractivity (Wildman–Crippen MR) is 89.4 cm³/mol. The zero-order valence-corrected chi connectivity index (χ0v) is 13.7. The molecular formula is C19H20O5. The molecule has 0 atom stereocenters. The summed E-state index contributed by atoms with van der Waals surface area (Å²) in [6, 6.07) is 12.4. The van der Waals surface area contributed by atoms with E-state index < -0.39 is 5.97 Å². The Labute approximate surface area is 140 Å². The summed E-state index contributed by atoms with van der Waals surface area (Å²) in [6.07, 6.45) is 0.793. The molecule has 0 bridgehead atoms. The van der Waals surface area contributed by atoms with Gasteiger partial charge in [0.05, 0.1) is 7.11 Å². The first-order valence-corrected chi connectivity index (χ1v) is 7.61. The molecule has 2 rings (SSSR count). The van der Waals surface area contributed by atoms with Crippen LogP contribution >= 0.6 is 0 Å². The molecule has 2 aromatic carbocycles. The molecule has 0 amide bonds. The van der Waals surface area contributed by atoms with Crippen LogP contribution in [-0.4, -0.2) is 30.6 Å². The molecule has 0 aliphatic heterocycles. The smallest absolute Gasteiger partial charge is 0.343 e. The molecule has 0 spiro atoms. The Balaban J connectivity index is 2.11. The maximum atomic E-state index is 12.5. The molecule has 0 aliphatic rings. The minimum Gasteiger partial charge on any atom is -0.507 e. The van der Waals surface area contributed by atoms with Crippen LogP contribution in [0.4, 0.5) is 0 Å². The Morgan fingerprint density at radius 1 is 1.12 bits per heavy atom. The van der Waals surface area contributed by atoms with Gasteiger partial charge in [0.15, 0.2) is 12.4 Å². The van der Waals surface area contributed by atoms with E-state index in [9.17, 15) is 14.7 Å². The molecule has 0 saturated carbocycles. The van der Waals surface area contributed by atoms with Gasteiger partial charge in [0.25, 0.3) is 0 Å². The van der Waals surface area contributed by atoms with E-state index in [0.717, 1.165) is 11.1 Å². The zero-order chi connectivity index (χ0) is 17.5. The summed E-state index contributed by atoms with van der Waals surface area (Å²) < 4.78 is 9.82. The lowest BCUT2D eigenvalue weighted by atomic mass is 10.0. The van der Waals surface area contributed by atoms with Gasteiger partial charge in [0.1, 0.15) is 17.1 Å². The number of aryl methyl sites for hydroxylation is 2. The summed E-state index contributed by atoms with van der Waals surface area (Å²) in [5.74, 6) is -0.785. The normalized spacial score (nSPS) is 10.2. The molecule has 0 aliphatic carbocycles. The van der Waals surface area contributed by atoms with Gasteiger partial charge in [-0.3, -0.25) is 4.79 Å². The number of carbonyl (C=O) groups excluding carboxylic acids is 2. The fourth-order valence-electron chi connectivity index (χ4n) is 2.37. The number of ether oxygens (including phenoxy) is 2. The van der Waals surface area contributed by atoms with E-state index in [1.54, 1.807) is 12.1 Å². The number of phenols is 1. The van der Waals surface area contributed by atoms with Crippen LogP contribution < -0.4 is 4.74 Å². The highest BCUT2D eigenvalue weighted by Crippen LogP contribution is 2.29. The van der Waals surface area contributed by atoms with Crippen molar-refractivity contribution in [2.24, 2.45) is 0 Å². The summed E-state index contributed by atoms with van der Waals surface area (Å²) in [5.41, 5.74) is 2.27. The standard InChI is InChI=1S/C19H20O5/c1-13-5-3-6-14(11-13)9-10-16(21)19-15(20)7-4-8-17(19)24-12-18(22)23-2/h3-8,11,20H,9-10,12H2,1-2H3. The van der Waals surface area contributed by atoms with E-state index in [-0.39, 0.29) is 35.9 Å². The van der Waals surface area contributed by atoms with E-state index in [1.165, 1.54) is 13.2 Å². The lowest BCUT2D eigenvalue weighted by Crippen LogP contribution is -2.14. The number of ketones is 1. The number of esters is 1. The van der Waals surface area contributed by atoms with Gasteiger partial charge in [-0.25, -0.2) is 4.79 Å². The lowest BCUT2D eigenvalue weighted by Gasteiger charge is -2.11. The molecule has 0 aromatic heterocycles. The summed E-state index contributed by atoms with van der Waals surface area (Å²) in [5, 5.41) is 10.0. The molecule has 0 radical (unpaired) electrons. The van der Waals surface area contributed by atoms with E-state index >= 15 is 0 Å². The third-order valence-corrected chi connectivity index (χ3v) is 3.58. The van der Waals surface area contributed by atoms with Crippen molar-refractivity contribution in [2.75, 3.05) is 13.7 Å². The number of rotatable bonds is 7. The average Bonchev–Trinajstić information content (AvgIpc) is 2.57. The van der Waals surface area contributed by atoms with Crippen LogP contribution in [0.1, 0.15) is 27.9 Å². The summed E-state index contributed by atoms with van der Waals surface area (Å²) >= 11 is 0. The van der Waals surface area contributed by atoms with E-state index in [4.69, 9.17) is 4.74 Å². The van der Waals surface area contributed by atoms with Crippen molar-refractivity contribution in [2.45, 2.75) is 19.8 Å². The second-order valence-electron chi connectivity index (χ2n) is 5.43. The molecular weight excluding hydrogens is 308 g/mol. The zero-order valence-electron chi connectivity index (χ0n) is 13.7. The maximum Gasteiger partial charge on any atom is 0.343 e. The SMILES string of the molecule is COC(=O)COc1cccc(O)c1C(=O)CCc1cccc(C)c1. The van der Waals surface area contributed by atoms with Crippen molar-refractivity contribution in [1.82, 2.24) is 0 Å². The molecule has 1 N–H and O–H groups in total. The Hall–Kier alpha value is -2.82. The van der Waals surface area contributed by atoms with Gasteiger partial charge in [-0.05, 0) is 31.0 Å². The monoisotopic (exact) mass is 328 g/mol. The Kier molecular flexibility index (Phi) is 5.95. The number of aromatic hydroxyl groups is 1. The number of benzene rings is 2. The Morgan fingerprint density at radius 2 is 1.88 bits per heavy atom. The van der Waals surface area contributed by atoms with Crippen molar-refractivity contribution in [3.05, 3.63) is 59.2 Å². The van der Waals surface area contributed by atoms with Crippen LogP contribution in [0.5, 0.6) is 11.5 Å². The molecule has 0 saturated heterocycles. The van der Waals surface area contributed by atoms with Crippen molar-refractivity contribution in [1.29, 1.82) is 0 Å². The fraction of sp³-hybridized carbons (Fsp3) is 0.263. The highest BCUT2D eigenvalue weighted by Gasteiger charge is 2.18. The summed E-state index contributed by atoms with van der Waals surface area (Å²) in [6.45, 7) is 1.67. The van der Waals surface area contributed by atoms with Gasteiger partial charge in [0.2, 0.25) is 0 Å². The fourth-order valence-corrected chi connectivity index (χ4v) is 2.37. The number of hydrogen-bond donors (Lipinski definition) is 1. The van der Waals surface area contributed by atoms with Crippen LogP contribution in [0.3, 0.4) is 0 Å². The van der Waals surface area contributed by atoms with Gasteiger partial charge in [-0.2, -0.15) is 0 Å². The third kappa shape index (κ3) is 4.59. The first-order valence-electron chi connectivity index (χ1n) is 7.61. The van der Waals surface area contributed by atoms with Crippen LogP contribution in [0.15, 0.2) is 42.5 Å². The highest BCUT2D eigenvalue weighted by molar-refractivity contribution is 6.01. The van der Waals surface area contributed by atoms with Crippen molar-refractivity contribution < 1.29 is 24.2 Å². The minimum absolute atomic E-state index is 0.0917. The number of Topliss-reactive ketones (excluding diaryl/α,β-unsaturated/α-hetero) is 1. The molecule has 5 nitrogen and oxygen atoms in total. The molecule has 126 valence electrons. The van der Waals surface area contributed by atoms with E-state index in [2.05, 4.69) is 4.74 Å². The molecule has 24 heavy (non-hydrogen) atoms. The third-order valence-electron chi connectivity index (χ3n) is 3.58. The number of methoxy groups -OCH3 is 1. The van der Waals surface area contributed by atoms with Crippen molar-refractivity contribution in [3.63, 3.8) is 0 Å². The van der Waals surface area contributed by atoms with Gasteiger partial charge >= 0.3 is 5.97 Å². The number of phenolic OH excluding ortho intramolecular Hbond substituents is 1. The van der Waals surface area contributed by atoms with Crippen molar-refractivity contribution in [3.8, 4) is 11.5 Å². The van der Waals surface area contributed by atoms with Gasteiger partial charge < -0.3 is 14.6 Å². The van der Waals surface area contributed by atoms with Crippen molar-refractivity contribution >= 4 is 11.8 Å². The second kappa shape index (κ2) is 8.15. The Morgan fingerprint density at radius 3 is 2.58 bits per heavy atom. The molecule has 5 heteroatoms. The first kappa shape index (κ1) is 17.5. The van der Waals surface area contributed by atoms with Gasteiger partial charge in [-0.15, -0.1) is 0 Å². The van der Waals surface area contributed by atoms with Crippen LogP contribution in [0.25, 0.3) is 0 Å². The van der Waals surface area contributed by atoms with Crippen LogP contribution in [0.2, 0.25) is 0 Å².